The van der Waals surface area contributed by atoms with Crippen molar-refractivity contribution >= 4 is 0 Å². The third-order valence-electron chi connectivity index (χ3n) is 3.28. The molecule has 4 heteroatoms. The summed E-state index contributed by atoms with van der Waals surface area (Å²) in [5.41, 5.74) is 0.617. The number of aliphatic hydroxyl groups is 1. The summed E-state index contributed by atoms with van der Waals surface area (Å²) in [4.78, 5) is 2.07. The fourth-order valence-corrected chi connectivity index (χ4v) is 2.32. The highest BCUT2D eigenvalue weighted by molar-refractivity contribution is 5.34. The van der Waals surface area contributed by atoms with Crippen molar-refractivity contribution in [1.29, 1.82) is 5.26 Å². The van der Waals surface area contributed by atoms with Gasteiger partial charge in [-0.25, -0.2) is 4.39 Å². The Kier molecular flexibility index (Phi) is 3.72. The van der Waals surface area contributed by atoms with E-state index < -0.39 is 5.82 Å². The van der Waals surface area contributed by atoms with Crippen LogP contribution in [0.25, 0.3) is 0 Å². The van der Waals surface area contributed by atoms with Gasteiger partial charge in [0.05, 0.1) is 12.2 Å². The van der Waals surface area contributed by atoms with Crippen LogP contribution in [0.1, 0.15) is 24.0 Å². The molecule has 0 spiro atoms. The number of rotatable bonds is 3. The van der Waals surface area contributed by atoms with E-state index in [1.807, 2.05) is 6.07 Å². The van der Waals surface area contributed by atoms with E-state index in [0.29, 0.717) is 12.1 Å². The second-order valence-corrected chi connectivity index (χ2v) is 4.34. The topological polar surface area (TPSA) is 47.3 Å². The molecule has 1 heterocycles. The van der Waals surface area contributed by atoms with Crippen LogP contribution in [0.4, 0.5) is 4.39 Å². The molecule has 3 nitrogen and oxygen atoms in total. The lowest BCUT2D eigenvalue weighted by Gasteiger charge is -2.22. The van der Waals surface area contributed by atoms with Crippen LogP contribution in [0.5, 0.6) is 0 Å². The van der Waals surface area contributed by atoms with E-state index in [2.05, 4.69) is 4.90 Å². The minimum atomic E-state index is -0.432. The van der Waals surface area contributed by atoms with E-state index in [1.165, 1.54) is 6.07 Å². The first-order chi connectivity index (χ1) is 8.26. The van der Waals surface area contributed by atoms with Crippen molar-refractivity contribution in [3.8, 4) is 6.07 Å². The minimum absolute atomic E-state index is 0.0854. The van der Waals surface area contributed by atoms with Gasteiger partial charge in [-0.1, -0.05) is 12.1 Å². The second-order valence-electron chi connectivity index (χ2n) is 4.34. The van der Waals surface area contributed by atoms with Gasteiger partial charge in [-0.3, -0.25) is 4.90 Å². The quantitative estimate of drug-likeness (QED) is 0.865. The maximum Gasteiger partial charge on any atom is 0.145 e. The van der Waals surface area contributed by atoms with E-state index in [-0.39, 0.29) is 18.2 Å². The summed E-state index contributed by atoms with van der Waals surface area (Å²) in [6.07, 6.45) is 1.99. The molecule has 1 atom stereocenters. The summed E-state index contributed by atoms with van der Waals surface area (Å²) >= 11 is 0. The van der Waals surface area contributed by atoms with Gasteiger partial charge in [0.2, 0.25) is 0 Å². The molecule has 0 radical (unpaired) electrons. The summed E-state index contributed by atoms with van der Waals surface area (Å²) in [7, 11) is 0. The van der Waals surface area contributed by atoms with E-state index in [9.17, 15) is 9.50 Å². The van der Waals surface area contributed by atoms with Crippen molar-refractivity contribution in [2.45, 2.75) is 25.4 Å². The molecule has 1 aliphatic heterocycles. The molecule has 1 aromatic rings. The Labute approximate surface area is 100 Å². The standard InChI is InChI=1S/C13H15FN2O/c14-13-10(7-15)3-1-4-11(13)8-16-6-2-5-12(16)9-17/h1,3-4,12,17H,2,5-6,8-9H2/t12-/m0/s1. The van der Waals surface area contributed by atoms with Gasteiger partial charge in [0, 0.05) is 18.2 Å². The third kappa shape index (κ3) is 2.46. The molecule has 1 N–H and O–H groups in total. The number of hydrogen-bond acceptors (Lipinski definition) is 3. The van der Waals surface area contributed by atoms with Gasteiger partial charge in [-0.2, -0.15) is 5.26 Å². The lowest BCUT2D eigenvalue weighted by molar-refractivity contribution is 0.152. The fourth-order valence-electron chi connectivity index (χ4n) is 2.32. The predicted octanol–water partition coefficient (Wildman–Crippen LogP) is 1.65. The van der Waals surface area contributed by atoms with Crippen LogP contribution in [0.2, 0.25) is 0 Å². The van der Waals surface area contributed by atoms with Gasteiger partial charge in [0.15, 0.2) is 0 Å². The molecule has 0 unspecified atom stereocenters. The Balaban J connectivity index is 2.16. The monoisotopic (exact) mass is 234 g/mol. The van der Waals surface area contributed by atoms with E-state index in [4.69, 9.17) is 5.26 Å². The highest BCUT2D eigenvalue weighted by Gasteiger charge is 2.24. The fraction of sp³-hybridized carbons (Fsp3) is 0.462. The lowest BCUT2D eigenvalue weighted by atomic mass is 10.1. The number of hydrogen-bond donors (Lipinski definition) is 1. The summed E-state index contributed by atoms with van der Waals surface area (Å²) in [5.74, 6) is -0.432. The average Bonchev–Trinajstić information content (AvgIpc) is 2.79. The largest absolute Gasteiger partial charge is 0.395 e. The highest BCUT2D eigenvalue weighted by Crippen LogP contribution is 2.21. The summed E-state index contributed by atoms with van der Waals surface area (Å²) in [6.45, 7) is 1.45. The SMILES string of the molecule is N#Cc1cccc(CN2CCC[C@H]2CO)c1F. The Hall–Kier alpha value is -1.44. The molecular formula is C13H15FN2O. The molecule has 1 aromatic carbocycles. The molecular weight excluding hydrogens is 219 g/mol. The molecule has 0 amide bonds. The van der Waals surface area contributed by atoms with Crippen LogP contribution >= 0.6 is 0 Å². The second kappa shape index (κ2) is 5.26. The zero-order chi connectivity index (χ0) is 12.3. The van der Waals surface area contributed by atoms with Crippen LogP contribution in [0.3, 0.4) is 0 Å². The Morgan fingerprint density at radius 1 is 1.53 bits per heavy atom. The van der Waals surface area contributed by atoms with Gasteiger partial charge in [-0.15, -0.1) is 0 Å². The van der Waals surface area contributed by atoms with Crippen LogP contribution < -0.4 is 0 Å². The van der Waals surface area contributed by atoms with Gasteiger partial charge in [-0.05, 0) is 25.5 Å². The molecule has 0 aromatic heterocycles. The number of benzene rings is 1. The van der Waals surface area contributed by atoms with Crippen molar-refractivity contribution in [2.75, 3.05) is 13.2 Å². The number of nitrogens with zero attached hydrogens (tertiary/aromatic N) is 2. The predicted molar refractivity (Wildman–Crippen MR) is 61.6 cm³/mol. The summed E-state index contributed by atoms with van der Waals surface area (Å²) in [5, 5.41) is 18.0. The van der Waals surface area contributed by atoms with Crippen molar-refractivity contribution in [1.82, 2.24) is 4.90 Å². The average molecular weight is 234 g/mol. The van der Waals surface area contributed by atoms with Crippen LogP contribution in [0, 0.1) is 17.1 Å². The Bertz CT molecular complexity index is 442. The number of nitriles is 1. The lowest BCUT2D eigenvalue weighted by Crippen LogP contribution is -2.31. The Morgan fingerprint density at radius 3 is 3.06 bits per heavy atom. The molecule has 1 fully saturated rings. The van der Waals surface area contributed by atoms with Gasteiger partial charge in [0.1, 0.15) is 11.9 Å². The number of likely N-dealkylation sites (tertiary alicyclic amines) is 1. The molecule has 0 bridgehead atoms. The van der Waals surface area contributed by atoms with Crippen molar-refractivity contribution in [3.05, 3.63) is 35.1 Å². The van der Waals surface area contributed by atoms with Crippen LogP contribution in [-0.2, 0) is 6.54 Å². The maximum atomic E-state index is 13.8. The van der Waals surface area contributed by atoms with Gasteiger partial charge in [0.25, 0.3) is 0 Å². The molecule has 17 heavy (non-hydrogen) atoms. The molecule has 0 saturated carbocycles. The molecule has 1 saturated heterocycles. The van der Waals surface area contributed by atoms with Crippen molar-refractivity contribution in [2.24, 2.45) is 0 Å². The highest BCUT2D eigenvalue weighted by atomic mass is 19.1. The van der Waals surface area contributed by atoms with E-state index in [1.54, 1.807) is 12.1 Å². The first-order valence-corrected chi connectivity index (χ1v) is 5.78. The van der Waals surface area contributed by atoms with Crippen molar-refractivity contribution in [3.63, 3.8) is 0 Å². The van der Waals surface area contributed by atoms with Gasteiger partial charge >= 0.3 is 0 Å². The minimum Gasteiger partial charge on any atom is -0.395 e. The van der Waals surface area contributed by atoms with E-state index >= 15 is 0 Å². The first kappa shape index (κ1) is 12.0. The molecule has 2 rings (SSSR count). The normalized spacial score (nSPS) is 20.4. The summed E-state index contributed by atoms with van der Waals surface area (Å²) < 4.78 is 13.8. The van der Waals surface area contributed by atoms with Crippen LogP contribution in [-0.4, -0.2) is 29.2 Å². The van der Waals surface area contributed by atoms with Crippen LogP contribution in [0.15, 0.2) is 18.2 Å². The maximum absolute atomic E-state index is 13.8. The molecule has 90 valence electrons. The van der Waals surface area contributed by atoms with Crippen molar-refractivity contribution < 1.29 is 9.50 Å². The number of halogens is 1. The zero-order valence-corrected chi connectivity index (χ0v) is 9.56. The zero-order valence-electron chi connectivity index (χ0n) is 9.56. The smallest absolute Gasteiger partial charge is 0.145 e. The van der Waals surface area contributed by atoms with E-state index in [0.717, 1.165) is 19.4 Å². The third-order valence-corrected chi connectivity index (χ3v) is 3.28. The summed E-state index contributed by atoms with van der Waals surface area (Å²) in [6, 6.07) is 6.84. The molecule has 0 aliphatic carbocycles. The van der Waals surface area contributed by atoms with Gasteiger partial charge < -0.3 is 5.11 Å². The molecule has 1 aliphatic rings. The Morgan fingerprint density at radius 2 is 2.35 bits per heavy atom. The first-order valence-electron chi connectivity index (χ1n) is 5.78. The number of aliphatic hydroxyl groups excluding tert-OH is 1.